The first-order chi connectivity index (χ1) is 7.38. The van der Waals surface area contributed by atoms with Gasteiger partial charge in [-0.05, 0) is 51.2 Å². The summed E-state index contributed by atoms with van der Waals surface area (Å²) in [5.41, 5.74) is 5.54. The summed E-state index contributed by atoms with van der Waals surface area (Å²) >= 11 is 0. The molecule has 0 bridgehead atoms. The molecule has 0 aromatic carbocycles. The quantitative estimate of drug-likeness (QED) is 0.741. The second kappa shape index (κ2) is 5.83. The van der Waals surface area contributed by atoms with Gasteiger partial charge < -0.3 is 15.4 Å². The molecule has 0 atom stereocenters. The number of ether oxygens (including phenoxy) is 1. The van der Waals surface area contributed by atoms with Crippen LogP contribution in [-0.4, -0.2) is 44.3 Å². The fourth-order valence-electron chi connectivity index (χ4n) is 2.62. The molecule has 15 heavy (non-hydrogen) atoms. The maximum absolute atomic E-state index is 5.54. The van der Waals surface area contributed by atoms with Crippen molar-refractivity contribution in [3.05, 3.63) is 0 Å². The topological polar surface area (TPSA) is 38.5 Å². The van der Waals surface area contributed by atoms with E-state index < -0.39 is 0 Å². The van der Waals surface area contributed by atoms with Gasteiger partial charge in [0.15, 0.2) is 0 Å². The molecule has 0 amide bonds. The van der Waals surface area contributed by atoms with Gasteiger partial charge in [-0.25, -0.2) is 0 Å². The van der Waals surface area contributed by atoms with Crippen molar-refractivity contribution in [3.63, 3.8) is 0 Å². The summed E-state index contributed by atoms with van der Waals surface area (Å²) < 4.78 is 5.21. The SMILES string of the molecule is NCCCC1CCN(CC2COC2)CC1. The number of nitrogens with two attached hydrogens (primary N) is 1. The van der Waals surface area contributed by atoms with Gasteiger partial charge in [0.2, 0.25) is 0 Å². The van der Waals surface area contributed by atoms with Crippen LogP contribution in [0.5, 0.6) is 0 Å². The van der Waals surface area contributed by atoms with Crippen molar-refractivity contribution in [2.45, 2.75) is 25.7 Å². The Kier molecular flexibility index (Phi) is 4.42. The standard InChI is InChI=1S/C12H24N2O/c13-5-1-2-11-3-6-14(7-4-11)8-12-9-15-10-12/h11-12H,1-10,13H2. The lowest BCUT2D eigenvalue weighted by Crippen LogP contribution is -2.43. The van der Waals surface area contributed by atoms with Gasteiger partial charge in [0.1, 0.15) is 0 Å². The van der Waals surface area contributed by atoms with Crippen LogP contribution in [0.15, 0.2) is 0 Å². The Balaban J connectivity index is 1.58. The van der Waals surface area contributed by atoms with E-state index in [0.717, 1.165) is 31.6 Å². The lowest BCUT2D eigenvalue weighted by atomic mass is 9.91. The van der Waals surface area contributed by atoms with Gasteiger partial charge in [0, 0.05) is 12.5 Å². The second-order valence-electron chi connectivity index (χ2n) is 5.08. The maximum Gasteiger partial charge on any atom is 0.0528 e. The second-order valence-corrected chi connectivity index (χ2v) is 5.08. The third-order valence-corrected chi connectivity index (χ3v) is 3.75. The van der Waals surface area contributed by atoms with Crippen LogP contribution in [-0.2, 0) is 4.74 Å². The molecule has 2 aliphatic rings. The lowest BCUT2D eigenvalue weighted by molar-refractivity contribution is -0.0498. The summed E-state index contributed by atoms with van der Waals surface area (Å²) in [5, 5.41) is 0. The van der Waals surface area contributed by atoms with Crippen LogP contribution in [0.2, 0.25) is 0 Å². The van der Waals surface area contributed by atoms with Crippen LogP contribution in [0.25, 0.3) is 0 Å². The van der Waals surface area contributed by atoms with Crippen molar-refractivity contribution >= 4 is 0 Å². The Morgan fingerprint density at radius 2 is 1.87 bits per heavy atom. The van der Waals surface area contributed by atoms with Crippen molar-refractivity contribution in [1.82, 2.24) is 4.90 Å². The Bertz CT molecular complexity index is 174. The van der Waals surface area contributed by atoms with E-state index in [2.05, 4.69) is 4.90 Å². The lowest BCUT2D eigenvalue weighted by Gasteiger charge is -2.36. The van der Waals surface area contributed by atoms with Crippen LogP contribution in [0.1, 0.15) is 25.7 Å². The van der Waals surface area contributed by atoms with Crippen LogP contribution in [0, 0.1) is 11.8 Å². The molecule has 2 aliphatic heterocycles. The van der Waals surface area contributed by atoms with Crippen LogP contribution < -0.4 is 5.73 Å². The number of rotatable bonds is 5. The molecule has 3 nitrogen and oxygen atoms in total. The molecule has 2 fully saturated rings. The first-order valence-corrected chi connectivity index (χ1v) is 6.38. The van der Waals surface area contributed by atoms with Gasteiger partial charge in [0.25, 0.3) is 0 Å². The van der Waals surface area contributed by atoms with E-state index in [9.17, 15) is 0 Å². The van der Waals surface area contributed by atoms with Gasteiger partial charge in [-0.2, -0.15) is 0 Å². The third kappa shape index (κ3) is 3.44. The first-order valence-electron chi connectivity index (χ1n) is 6.38. The zero-order valence-corrected chi connectivity index (χ0v) is 9.66. The number of hydrogen-bond donors (Lipinski definition) is 1. The summed E-state index contributed by atoms with van der Waals surface area (Å²) in [5.74, 6) is 1.77. The molecule has 3 heteroatoms. The van der Waals surface area contributed by atoms with Crippen molar-refractivity contribution in [1.29, 1.82) is 0 Å². The molecular weight excluding hydrogens is 188 g/mol. The van der Waals surface area contributed by atoms with E-state index >= 15 is 0 Å². The molecule has 0 spiro atoms. The highest BCUT2D eigenvalue weighted by molar-refractivity contribution is 4.76. The molecule has 0 aromatic heterocycles. The number of piperidine rings is 1. The number of nitrogens with zero attached hydrogens (tertiary/aromatic N) is 1. The van der Waals surface area contributed by atoms with Crippen LogP contribution in [0.3, 0.4) is 0 Å². The number of hydrogen-bond acceptors (Lipinski definition) is 3. The molecule has 2 N–H and O–H groups in total. The Morgan fingerprint density at radius 3 is 2.40 bits per heavy atom. The highest BCUT2D eigenvalue weighted by Crippen LogP contribution is 2.23. The van der Waals surface area contributed by atoms with Gasteiger partial charge in [0.05, 0.1) is 13.2 Å². The zero-order valence-electron chi connectivity index (χ0n) is 9.66. The van der Waals surface area contributed by atoms with Crippen molar-refractivity contribution in [2.24, 2.45) is 17.6 Å². The summed E-state index contributed by atoms with van der Waals surface area (Å²) in [6.07, 6.45) is 5.32. The van der Waals surface area contributed by atoms with Crippen molar-refractivity contribution in [2.75, 3.05) is 39.4 Å². The van der Waals surface area contributed by atoms with Gasteiger partial charge in [-0.3, -0.25) is 0 Å². The Hall–Kier alpha value is -0.120. The molecule has 2 saturated heterocycles. The van der Waals surface area contributed by atoms with Gasteiger partial charge in [-0.1, -0.05) is 0 Å². The minimum atomic E-state index is 0.825. The molecule has 0 unspecified atom stereocenters. The van der Waals surface area contributed by atoms with E-state index in [4.69, 9.17) is 10.5 Å². The zero-order chi connectivity index (χ0) is 10.5. The average molecular weight is 212 g/mol. The smallest absolute Gasteiger partial charge is 0.0528 e. The summed E-state index contributed by atoms with van der Waals surface area (Å²) in [6, 6.07) is 0. The molecule has 2 heterocycles. The first kappa shape index (κ1) is 11.4. The van der Waals surface area contributed by atoms with E-state index in [1.807, 2.05) is 0 Å². The fourth-order valence-corrected chi connectivity index (χ4v) is 2.62. The molecule has 0 aliphatic carbocycles. The van der Waals surface area contributed by atoms with Crippen molar-refractivity contribution < 1.29 is 4.74 Å². The minimum absolute atomic E-state index is 0.825. The Labute approximate surface area is 93.0 Å². The highest BCUT2D eigenvalue weighted by Gasteiger charge is 2.24. The van der Waals surface area contributed by atoms with E-state index in [1.54, 1.807) is 0 Å². The molecule has 0 aromatic rings. The van der Waals surface area contributed by atoms with E-state index in [1.165, 1.54) is 45.3 Å². The molecular formula is C12H24N2O. The molecule has 0 radical (unpaired) electrons. The van der Waals surface area contributed by atoms with Gasteiger partial charge in [-0.15, -0.1) is 0 Å². The molecule has 88 valence electrons. The van der Waals surface area contributed by atoms with E-state index in [0.29, 0.717) is 0 Å². The minimum Gasteiger partial charge on any atom is -0.381 e. The normalized spacial score (nSPS) is 25.4. The maximum atomic E-state index is 5.54. The Morgan fingerprint density at radius 1 is 1.13 bits per heavy atom. The largest absolute Gasteiger partial charge is 0.381 e. The van der Waals surface area contributed by atoms with E-state index in [-0.39, 0.29) is 0 Å². The molecule has 2 rings (SSSR count). The van der Waals surface area contributed by atoms with Crippen molar-refractivity contribution in [3.8, 4) is 0 Å². The summed E-state index contributed by atoms with van der Waals surface area (Å²) in [6.45, 7) is 6.71. The summed E-state index contributed by atoms with van der Waals surface area (Å²) in [4.78, 5) is 2.62. The molecule has 0 saturated carbocycles. The highest BCUT2D eigenvalue weighted by atomic mass is 16.5. The summed E-state index contributed by atoms with van der Waals surface area (Å²) in [7, 11) is 0. The predicted octanol–water partition coefficient (Wildman–Crippen LogP) is 1.08. The monoisotopic (exact) mass is 212 g/mol. The number of likely N-dealkylation sites (tertiary alicyclic amines) is 1. The van der Waals surface area contributed by atoms with Crippen LogP contribution >= 0.6 is 0 Å². The third-order valence-electron chi connectivity index (χ3n) is 3.75. The van der Waals surface area contributed by atoms with Gasteiger partial charge >= 0.3 is 0 Å². The predicted molar refractivity (Wildman–Crippen MR) is 61.8 cm³/mol. The van der Waals surface area contributed by atoms with Crippen LogP contribution in [0.4, 0.5) is 0 Å². The average Bonchev–Trinajstić information content (AvgIpc) is 2.22. The fraction of sp³-hybridized carbons (Fsp3) is 1.00.